The summed E-state index contributed by atoms with van der Waals surface area (Å²) in [6.45, 7) is 5.43. The second kappa shape index (κ2) is 5.40. The van der Waals surface area contributed by atoms with Gasteiger partial charge in [0.2, 0.25) is 0 Å². The lowest BCUT2D eigenvalue weighted by Gasteiger charge is -2.19. The lowest BCUT2D eigenvalue weighted by Crippen LogP contribution is -2.24. The average Bonchev–Trinajstić information content (AvgIpc) is 2.34. The van der Waals surface area contributed by atoms with Crippen molar-refractivity contribution in [3.05, 3.63) is 34.5 Å². The summed E-state index contributed by atoms with van der Waals surface area (Å²) in [5.41, 5.74) is -0.374. The van der Waals surface area contributed by atoms with E-state index in [0.29, 0.717) is 23.3 Å². The Hall–Kier alpha value is -2.24. The monoisotopic (exact) mass is 275 g/mol. The van der Waals surface area contributed by atoms with Crippen molar-refractivity contribution in [2.24, 2.45) is 0 Å². The number of hydrogen-bond donors (Lipinski definition) is 1. The number of rotatable bonds is 3. The fourth-order valence-corrected chi connectivity index (χ4v) is 1.75. The number of pyridine rings is 1. The van der Waals surface area contributed by atoms with Crippen LogP contribution in [0.3, 0.4) is 0 Å². The maximum Gasteiger partial charge on any atom is 0.306 e. The maximum atomic E-state index is 11.8. The van der Waals surface area contributed by atoms with Crippen molar-refractivity contribution < 1.29 is 9.53 Å². The summed E-state index contributed by atoms with van der Waals surface area (Å²) >= 11 is 0. The van der Waals surface area contributed by atoms with Gasteiger partial charge in [0.05, 0.1) is 11.8 Å². The minimum atomic E-state index is -0.511. The second-order valence-corrected chi connectivity index (χ2v) is 5.47. The molecule has 6 heteroatoms. The van der Waals surface area contributed by atoms with Gasteiger partial charge in [0.1, 0.15) is 11.4 Å². The van der Waals surface area contributed by atoms with Gasteiger partial charge in [0.25, 0.3) is 5.56 Å². The molecule has 2 aromatic rings. The molecule has 0 unspecified atom stereocenters. The molecule has 0 bridgehead atoms. The molecule has 6 nitrogen and oxygen atoms in total. The molecule has 0 aliphatic rings. The van der Waals surface area contributed by atoms with Gasteiger partial charge < -0.3 is 9.72 Å². The summed E-state index contributed by atoms with van der Waals surface area (Å²) in [7, 11) is 0. The lowest BCUT2D eigenvalue weighted by atomic mass is 10.2. The highest BCUT2D eigenvalue weighted by Gasteiger charge is 2.16. The molecule has 0 atom stereocenters. The Morgan fingerprint density at radius 3 is 2.85 bits per heavy atom. The van der Waals surface area contributed by atoms with Gasteiger partial charge in [-0.3, -0.25) is 9.59 Å². The Kier molecular flexibility index (Phi) is 3.83. The SMILES string of the molecule is CC(C)(C)OC(=O)CCc1nc2ncccc2c(=O)[nH]1. The molecule has 0 amide bonds. The molecule has 2 rings (SSSR count). The number of nitrogens with one attached hydrogen (secondary N) is 1. The van der Waals surface area contributed by atoms with Gasteiger partial charge >= 0.3 is 5.97 Å². The van der Waals surface area contributed by atoms with E-state index >= 15 is 0 Å². The normalized spacial score (nSPS) is 11.6. The van der Waals surface area contributed by atoms with Gasteiger partial charge in [0, 0.05) is 12.6 Å². The molecule has 2 heterocycles. The van der Waals surface area contributed by atoms with E-state index in [2.05, 4.69) is 15.0 Å². The van der Waals surface area contributed by atoms with Gasteiger partial charge in [-0.25, -0.2) is 9.97 Å². The van der Waals surface area contributed by atoms with Crippen LogP contribution in [0.25, 0.3) is 11.0 Å². The van der Waals surface area contributed by atoms with Crippen LogP contribution < -0.4 is 5.56 Å². The Morgan fingerprint density at radius 1 is 1.40 bits per heavy atom. The predicted molar refractivity (Wildman–Crippen MR) is 74.3 cm³/mol. The number of aromatic nitrogens is 3. The Bertz CT molecular complexity index is 686. The van der Waals surface area contributed by atoms with E-state index in [0.717, 1.165) is 0 Å². The van der Waals surface area contributed by atoms with E-state index in [9.17, 15) is 9.59 Å². The highest BCUT2D eigenvalue weighted by atomic mass is 16.6. The molecule has 0 saturated heterocycles. The van der Waals surface area contributed by atoms with Crippen LogP contribution in [0, 0.1) is 0 Å². The fraction of sp³-hybridized carbons (Fsp3) is 0.429. The number of ether oxygens (including phenoxy) is 1. The number of esters is 1. The fourth-order valence-electron chi connectivity index (χ4n) is 1.75. The van der Waals surface area contributed by atoms with E-state index in [1.54, 1.807) is 18.3 Å². The van der Waals surface area contributed by atoms with Crippen molar-refractivity contribution in [2.45, 2.75) is 39.2 Å². The standard InChI is InChI=1S/C14H17N3O3/c1-14(2,3)20-11(18)7-6-10-16-12-9(13(19)17-10)5-4-8-15-12/h4-5,8H,6-7H2,1-3H3,(H,15,16,17,19). The van der Waals surface area contributed by atoms with Crippen LogP contribution in [0.1, 0.15) is 33.0 Å². The van der Waals surface area contributed by atoms with Crippen molar-refractivity contribution >= 4 is 17.0 Å². The van der Waals surface area contributed by atoms with E-state index in [4.69, 9.17) is 4.74 Å². The zero-order chi connectivity index (χ0) is 14.8. The minimum absolute atomic E-state index is 0.165. The van der Waals surface area contributed by atoms with Gasteiger partial charge in [0.15, 0.2) is 5.65 Å². The number of fused-ring (bicyclic) bond motifs is 1. The molecule has 20 heavy (non-hydrogen) atoms. The summed E-state index contributed by atoms with van der Waals surface area (Å²) in [6, 6.07) is 3.34. The first-order valence-corrected chi connectivity index (χ1v) is 6.41. The summed E-state index contributed by atoms with van der Waals surface area (Å²) in [6.07, 6.45) is 2.06. The van der Waals surface area contributed by atoms with E-state index in [1.165, 1.54) is 0 Å². The van der Waals surface area contributed by atoms with Crippen molar-refractivity contribution in [3.63, 3.8) is 0 Å². The predicted octanol–water partition coefficient (Wildman–Crippen LogP) is 1.59. The van der Waals surface area contributed by atoms with Gasteiger partial charge in [-0.15, -0.1) is 0 Å². The van der Waals surface area contributed by atoms with Crippen molar-refractivity contribution in [1.29, 1.82) is 0 Å². The number of nitrogens with zero attached hydrogens (tertiary/aromatic N) is 2. The molecule has 0 spiro atoms. The molecule has 0 fully saturated rings. The van der Waals surface area contributed by atoms with Crippen LogP contribution in [0.5, 0.6) is 0 Å². The number of carbonyl (C=O) groups is 1. The lowest BCUT2D eigenvalue weighted by molar-refractivity contribution is -0.154. The Balaban J connectivity index is 2.11. The molecular formula is C14H17N3O3. The van der Waals surface area contributed by atoms with E-state index in [1.807, 2.05) is 20.8 Å². The largest absolute Gasteiger partial charge is 0.460 e. The zero-order valence-electron chi connectivity index (χ0n) is 11.8. The van der Waals surface area contributed by atoms with Crippen molar-refractivity contribution in [3.8, 4) is 0 Å². The van der Waals surface area contributed by atoms with Crippen LogP contribution in [-0.4, -0.2) is 26.5 Å². The topological polar surface area (TPSA) is 84.9 Å². The van der Waals surface area contributed by atoms with Crippen LogP contribution >= 0.6 is 0 Å². The zero-order valence-corrected chi connectivity index (χ0v) is 11.8. The highest BCUT2D eigenvalue weighted by Crippen LogP contribution is 2.09. The molecule has 1 N–H and O–H groups in total. The molecule has 2 aromatic heterocycles. The number of aromatic amines is 1. The summed E-state index contributed by atoms with van der Waals surface area (Å²) in [4.78, 5) is 34.4. The third kappa shape index (κ3) is 3.63. The Morgan fingerprint density at radius 2 is 2.15 bits per heavy atom. The second-order valence-electron chi connectivity index (χ2n) is 5.47. The summed E-state index contributed by atoms with van der Waals surface area (Å²) in [5.74, 6) is 0.119. The van der Waals surface area contributed by atoms with Crippen molar-refractivity contribution in [1.82, 2.24) is 15.0 Å². The average molecular weight is 275 g/mol. The molecule has 0 saturated carbocycles. The number of carbonyl (C=O) groups excluding carboxylic acids is 1. The molecule has 0 radical (unpaired) electrons. The maximum absolute atomic E-state index is 11.8. The summed E-state index contributed by atoms with van der Waals surface area (Å²) in [5, 5.41) is 0.438. The third-order valence-electron chi connectivity index (χ3n) is 2.52. The van der Waals surface area contributed by atoms with E-state index < -0.39 is 5.60 Å². The third-order valence-corrected chi connectivity index (χ3v) is 2.52. The Labute approximate surface area is 116 Å². The minimum Gasteiger partial charge on any atom is -0.460 e. The quantitative estimate of drug-likeness (QED) is 0.860. The van der Waals surface area contributed by atoms with Crippen LogP contribution in [0.15, 0.2) is 23.1 Å². The number of H-pyrrole nitrogens is 1. The van der Waals surface area contributed by atoms with Gasteiger partial charge in [-0.2, -0.15) is 0 Å². The molecule has 0 aromatic carbocycles. The van der Waals surface area contributed by atoms with Gasteiger partial charge in [-0.1, -0.05) is 0 Å². The van der Waals surface area contributed by atoms with E-state index in [-0.39, 0.29) is 17.9 Å². The first-order valence-electron chi connectivity index (χ1n) is 6.41. The van der Waals surface area contributed by atoms with Crippen LogP contribution in [-0.2, 0) is 16.0 Å². The number of hydrogen-bond acceptors (Lipinski definition) is 5. The highest BCUT2D eigenvalue weighted by molar-refractivity contribution is 5.73. The number of aryl methyl sites for hydroxylation is 1. The summed E-state index contributed by atoms with van der Waals surface area (Å²) < 4.78 is 5.20. The molecule has 0 aliphatic heterocycles. The first kappa shape index (κ1) is 14.2. The molecular weight excluding hydrogens is 258 g/mol. The van der Waals surface area contributed by atoms with Crippen LogP contribution in [0.2, 0.25) is 0 Å². The first-order chi connectivity index (χ1) is 9.35. The smallest absolute Gasteiger partial charge is 0.306 e. The van der Waals surface area contributed by atoms with Crippen LogP contribution in [0.4, 0.5) is 0 Å². The molecule has 0 aliphatic carbocycles. The van der Waals surface area contributed by atoms with Crippen molar-refractivity contribution in [2.75, 3.05) is 0 Å². The molecule has 106 valence electrons. The van der Waals surface area contributed by atoms with Gasteiger partial charge in [-0.05, 0) is 32.9 Å².